The molecular weight excluding hydrogens is 192 g/mol. The number of H-pyrrole nitrogens is 1. The van der Waals surface area contributed by atoms with Crippen LogP contribution in [0.3, 0.4) is 0 Å². The zero-order valence-electron chi connectivity index (χ0n) is 9.07. The van der Waals surface area contributed by atoms with Gasteiger partial charge < -0.3 is 15.5 Å². The maximum Gasteiger partial charge on any atom is 0.120 e. The molecule has 1 saturated heterocycles. The van der Waals surface area contributed by atoms with E-state index in [4.69, 9.17) is 10.5 Å². The van der Waals surface area contributed by atoms with Gasteiger partial charge in [0.15, 0.2) is 0 Å². The Hall–Kier alpha value is -0.910. The van der Waals surface area contributed by atoms with Crippen molar-refractivity contribution in [2.75, 3.05) is 26.3 Å². The average Bonchev–Trinajstić information content (AvgIpc) is 2.68. The number of morpholine rings is 1. The quantitative estimate of drug-likeness (QED) is 0.751. The van der Waals surface area contributed by atoms with E-state index in [0.29, 0.717) is 0 Å². The number of ether oxygens (including phenoxy) is 1. The molecule has 3 N–H and O–H groups in total. The molecule has 0 saturated carbocycles. The molecule has 5 heteroatoms. The second-order valence-corrected chi connectivity index (χ2v) is 3.96. The van der Waals surface area contributed by atoms with Crippen LogP contribution in [0.15, 0.2) is 6.20 Å². The van der Waals surface area contributed by atoms with Gasteiger partial charge in [-0.25, -0.2) is 4.98 Å². The molecule has 0 aromatic carbocycles. The third kappa shape index (κ3) is 2.77. The molecule has 1 aromatic heterocycles. The van der Waals surface area contributed by atoms with E-state index < -0.39 is 0 Å². The van der Waals surface area contributed by atoms with Gasteiger partial charge in [-0.3, -0.25) is 4.90 Å². The van der Waals surface area contributed by atoms with Crippen molar-refractivity contribution in [2.24, 2.45) is 5.73 Å². The van der Waals surface area contributed by atoms with Gasteiger partial charge in [0.25, 0.3) is 0 Å². The van der Waals surface area contributed by atoms with Crippen molar-refractivity contribution in [1.29, 1.82) is 0 Å². The standard InChI is InChI=1S/C10H18N4O/c1-8(11)9-6-12-10(13-9)7-14-2-4-15-5-3-14/h6,8H,2-5,7,11H2,1H3,(H,12,13). The first-order chi connectivity index (χ1) is 7.25. The third-order valence-electron chi connectivity index (χ3n) is 2.62. The Balaban J connectivity index is 1.91. The molecule has 0 radical (unpaired) electrons. The fraction of sp³-hybridized carbons (Fsp3) is 0.700. The third-order valence-corrected chi connectivity index (χ3v) is 2.62. The summed E-state index contributed by atoms with van der Waals surface area (Å²) in [6.07, 6.45) is 1.82. The van der Waals surface area contributed by atoms with E-state index in [1.54, 1.807) is 0 Å². The first kappa shape index (κ1) is 10.6. The number of imidazole rings is 1. The second kappa shape index (κ2) is 4.74. The molecule has 1 unspecified atom stereocenters. The lowest BCUT2D eigenvalue weighted by Gasteiger charge is -2.25. The Morgan fingerprint density at radius 3 is 2.93 bits per heavy atom. The lowest BCUT2D eigenvalue weighted by atomic mass is 10.3. The van der Waals surface area contributed by atoms with Crippen LogP contribution >= 0.6 is 0 Å². The lowest BCUT2D eigenvalue weighted by molar-refractivity contribution is 0.0331. The molecule has 0 aliphatic carbocycles. The zero-order chi connectivity index (χ0) is 10.7. The van der Waals surface area contributed by atoms with Crippen molar-refractivity contribution in [1.82, 2.24) is 14.9 Å². The Morgan fingerprint density at radius 2 is 2.33 bits per heavy atom. The highest BCUT2D eigenvalue weighted by Gasteiger charge is 2.12. The highest BCUT2D eigenvalue weighted by Crippen LogP contribution is 2.08. The van der Waals surface area contributed by atoms with Gasteiger partial charge in [0.2, 0.25) is 0 Å². The molecule has 1 fully saturated rings. The van der Waals surface area contributed by atoms with Gasteiger partial charge >= 0.3 is 0 Å². The van der Waals surface area contributed by atoms with Gasteiger partial charge in [0, 0.05) is 25.3 Å². The fourth-order valence-electron chi connectivity index (χ4n) is 1.66. The SMILES string of the molecule is CC(N)c1cnc(CN2CCOCC2)[nH]1. The summed E-state index contributed by atoms with van der Waals surface area (Å²) < 4.78 is 5.29. The van der Waals surface area contributed by atoms with Crippen molar-refractivity contribution >= 4 is 0 Å². The van der Waals surface area contributed by atoms with Crippen LogP contribution in [0.1, 0.15) is 24.5 Å². The van der Waals surface area contributed by atoms with Crippen LogP contribution in [0, 0.1) is 0 Å². The Bertz CT molecular complexity index is 304. The summed E-state index contributed by atoms with van der Waals surface area (Å²) in [6.45, 7) is 6.41. The smallest absolute Gasteiger partial charge is 0.120 e. The minimum absolute atomic E-state index is 0.0240. The first-order valence-corrected chi connectivity index (χ1v) is 5.35. The molecule has 5 nitrogen and oxygen atoms in total. The summed E-state index contributed by atoms with van der Waals surface area (Å²) >= 11 is 0. The van der Waals surface area contributed by atoms with Crippen molar-refractivity contribution in [2.45, 2.75) is 19.5 Å². The fourth-order valence-corrected chi connectivity index (χ4v) is 1.66. The summed E-state index contributed by atoms with van der Waals surface area (Å²) in [6, 6.07) is 0.0240. The zero-order valence-corrected chi connectivity index (χ0v) is 9.07. The van der Waals surface area contributed by atoms with E-state index in [-0.39, 0.29) is 6.04 Å². The predicted octanol–water partition coefficient (Wildman–Crippen LogP) is 0.262. The van der Waals surface area contributed by atoms with Crippen LogP contribution in [0.25, 0.3) is 0 Å². The van der Waals surface area contributed by atoms with Crippen LogP contribution in [0.5, 0.6) is 0 Å². The summed E-state index contributed by atoms with van der Waals surface area (Å²) in [7, 11) is 0. The maximum absolute atomic E-state index is 5.76. The molecule has 1 aliphatic rings. The number of aromatic amines is 1. The highest BCUT2D eigenvalue weighted by molar-refractivity contribution is 5.05. The molecule has 2 heterocycles. The van der Waals surface area contributed by atoms with E-state index >= 15 is 0 Å². The summed E-state index contributed by atoms with van der Waals surface area (Å²) in [5.41, 5.74) is 6.75. The predicted molar refractivity (Wildman–Crippen MR) is 57.3 cm³/mol. The number of hydrogen-bond donors (Lipinski definition) is 2. The van der Waals surface area contributed by atoms with E-state index in [2.05, 4.69) is 14.9 Å². The second-order valence-electron chi connectivity index (χ2n) is 3.96. The van der Waals surface area contributed by atoms with E-state index in [9.17, 15) is 0 Å². The first-order valence-electron chi connectivity index (χ1n) is 5.35. The molecule has 1 aromatic rings. The number of nitrogens with two attached hydrogens (primary N) is 1. The molecule has 1 aliphatic heterocycles. The van der Waals surface area contributed by atoms with Crippen molar-refractivity contribution in [3.8, 4) is 0 Å². The topological polar surface area (TPSA) is 67.2 Å². The van der Waals surface area contributed by atoms with Crippen molar-refractivity contribution in [3.63, 3.8) is 0 Å². The van der Waals surface area contributed by atoms with Gasteiger partial charge in [-0.15, -0.1) is 0 Å². The van der Waals surface area contributed by atoms with Crippen LogP contribution in [-0.4, -0.2) is 41.2 Å². The van der Waals surface area contributed by atoms with Crippen LogP contribution < -0.4 is 5.73 Å². The molecule has 15 heavy (non-hydrogen) atoms. The number of nitrogens with zero attached hydrogens (tertiary/aromatic N) is 2. The normalized spacial score (nSPS) is 20.4. The number of nitrogens with one attached hydrogen (secondary N) is 1. The van der Waals surface area contributed by atoms with Crippen LogP contribution in [-0.2, 0) is 11.3 Å². The molecule has 0 bridgehead atoms. The van der Waals surface area contributed by atoms with E-state index in [1.165, 1.54) is 0 Å². The average molecular weight is 210 g/mol. The van der Waals surface area contributed by atoms with Gasteiger partial charge in [0.1, 0.15) is 5.82 Å². The van der Waals surface area contributed by atoms with Crippen LogP contribution in [0.4, 0.5) is 0 Å². The highest BCUT2D eigenvalue weighted by atomic mass is 16.5. The number of aromatic nitrogens is 2. The summed E-state index contributed by atoms with van der Waals surface area (Å²) in [5.74, 6) is 0.990. The Labute approximate surface area is 89.6 Å². The summed E-state index contributed by atoms with van der Waals surface area (Å²) in [4.78, 5) is 9.88. The Morgan fingerprint density at radius 1 is 1.60 bits per heavy atom. The molecule has 84 valence electrons. The van der Waals surface area contributed by atoms with Gasteiger partial charge in [-0.2, -0.15) is 0 Å². The van der Waals surface area contributed by atoms with Gasteiger partial charge in [-0.1, -0.05) is 0 Å². The molecule has 0 amide bonds. The van der Waals surface area contributed by atoms with Crippen molar-refractivity contribution in [3.05, 3.63) is 17.7 Å². The van der Waals surface area contributed by atoms with Gasteiger partial charge in [-0.05, 0) is 6.92 Å². The van der Waals surface area contributed by atoms with E-state index in [1.807, 2.05) is 13.1 Å². The monoisotopic (exact) mass is 210 g/mol. The summed E-state index contributed by atoms with van der Waals surface area (Å²) in [5, 5.41) is 0. The molecule has 1 atom stereocenters. The number of rotatable bonds is 3. The largest absolute Gasteiger partial charge is 0.379 e. The molecule has 2 rings (SSSR count). The van der Waals surface area contributed by atoms with Crippen LogP contribution in [0.2, 0.25) is 0 Å². The molecular formula is C10H18N4O. The minimum Gasteiger partial charge on any atom is -0.379 e. The molecule has 0 spiro atoms. The van der Waals surface area contributed by atoms with E-state index in [0.717, 1.165) is 44.4 Å². The van der Waals surface area contributed by atoms with Crippen molar-refractivity contribution < 1.29 is 4.74 Å². The number of hydrogen-bond acceptors (Lipinski definition) is 4. The maximum atomic E-state index is 5.76. The Kier molecular flexibility index (Phi) is 3.35. The minimum atomic E-state index is 0.0240. The lowest BCUT2D eigenvalue weighted by Crippen LogP contribution is -2.35. The van der Waals surface area contributed by atoms with Gasteiger partial charge in [0.05, 0.1) is 25.5 Å².